The molecule has 4 rings (SSSR count). The molecule has 2 heteroatoms. The molecule has 3 aliphatic heterocycles. The molecule has 3 saturated heterocycles. The zero-order valence-corrected chi connectivity index (χ0v) is 6.87. The lowest BCUT2D eigenvalue weighted by Gasteiger charge is -2.54. The SMILES string of the molecule is NC1[C@@H]2CC3C[C@@H]1CN(C3)C2. The monoisotopic (exact) mass is 152 g/mol. The lowest BCUT2D eigenvalue weighted by molar-refractivity contribution is -0.0328. The molecule has 0 unspecified atom stereocenters. The van der Waals surface area contributed by atoms with Crippen LogP contribution in [0, 0.1) is 17.8 Å². The van der Waals surface area contributed by atoms with E-state index in [0.29, 0.717) is 6.04 Å². The predicted octanol–water partition coefficient (Wildman–Crippen LogP) is 0.285. The summed E-state index contributed by atoms with van der Waals surface area (Å²) < 4.78 is 0. The molecule has 2 nitrogen and oxygen atoms in total. The van der Waals surface area contributed by atoms with Crippen molar-refractivity contribution in [2.24, 2.45) is 23.5 Å². The zero-order chi connectivity index (χ0) is 7.42. The minimum absolute atomic E-state index is 0.544. The fraction of sp³-hybridized carbons (Fsp3) is 1.00. The third-order valence-electron chi connectivity index (χ3n) is 3.86. The minimum Gasteiger partial charge on any atom is -0.327 e. The van der Waals surface area contributed by atoms with Gasteiger partial charge in [-0.3, -0.25) is 0 Å². The van der Waals surface area contributed by atoms with Crippen molar-refractivity contribution in [1.29, 1.82) is 0 Å². The van der Waals surface area contributed by atoms with Crippen LogP contribution >= 0.6 is 0 Å². The maximum absolute atomic E-state index is 6.14. The van der Waals surface area contributed by atoms with Crippen LogP contribution in [-0.4, -0.2) is 30.6 Å². The summed E-state index contributed by atoms with van der Waals surface area (Å²) in [6.07, 6.45) is 2.85. The van der Waals surface area contributed by atoms with Gasteiger partial charge in [0.25, 0.3) is 0 Å². The van der Waals surface area contributed by atoms with Crippen molar-refractivity contribution in [1.82, 2.24) is 4.90 Å². The van der Waals surface area contributed by atoms with Crippen molar-refractivity contribution in [3.05, 3.63) is 0 Å². The molecule has 0 amide bonds. The lowest BCUT2D eigenvalue weighted by Crippen LogP contribution is -2.62. The third-order valence-corrected chi connectivity index (χ3v) is 3.86. The molecule has 0 spiro atoms. The van der Waals surface area contributed by atoms with Crippen molar-refractivity contribution >= 4 is 0 Å². The Morgan fingerprint density at radius 2 is 1.64 bits per heavy atom. The Balaban J connectivity index is 1.91. The summed E-state index contributed by atoms with van der Waals surface area (Å²) >= 11 is 0. The molecule has 0 aromatic heterocycles. The molecule has 11 heavy (non-hydrogen) atoms. The first-order valence-electron chi connectivity index (χ1n) is 4.81. The van der Waals surface area contributed by atoms with E-state index in [1.807, 2.05) is 0 Å². The molecule has 0 aromatic rings. The maximum atomic E-state index is 6.14. The van der Waals surface area contributed by atoms with Crippen LogP contribution in [0.1, 0.15) is 12.8 Å². The Kier molecular flexibility index (Phi) is 1.16. The summed E-state index contributed by atoms with van der Waals surface area (Å²) in [7, 11) is 0. The van der Waals surface area contributed by atoms with Gasteiger partial charge in [-0.1, -0.05) is 0 Å². The van der Waals surface area contributed by atoms with Crippen LogP contribution in [0.15, 0.2) is 0 Å². The van der Waals surface area contributed by atoms with E-state index < -0.39 is 0 Å². The van der Waals surface area contributed by atoms with Crippen LogP contribution in [0.25, 0.3) is 0 Å². The quantitative estimate of drug-likeness (QED) is 0.540. The molecule has 0 radical (unpaired) electrons. The van der Waals surface area contributed by atoms with Crippen LogP contribution in [0.2, 0.25) is 0 Å². The Morgan fingerprint density at radius 1 is 1.00 bits per heavy atom. The fourth-order valence-corrected chi connectivity index (χ4v) is 3.45. The van der Waals surface area contributed by atoms with E-state index >= 15 is 0 Å². The molecular weight excluding hydrogens is 136 g/mol. The summed E-state index contributed by atoms with van der Waals surface area (Å²) in [6, 6.07) is 0.544. The van der Waals surface area contributed by atoms with Crippen LogP contribution in [0.4, 0.5) is 0 Å². The van der Waals surface area contributed by atoms with E-state index in [9.17, 15) is 0 Å². The second-order valence-corrected chi connectivity index (χ2v) is 4.65. The molecule has 3 heterocycles. The topological polar surface area (TPSA) is 29.3 Å². The standard InChI is InChI=1S/C9H16N2/c10-9-7-1-6-2-8(9)5-11(3-6)4-7/h6-9H,1-5,10H2/t6?,7-,8-,9?/m1/s1. The van der Waals surface area contributed by atoms with Crippen LogP contribution in [-0.2, 0) is 0 Å². The van der Waals surface area contributed by atoms with Gasteiger partial charge in [-0.05, 0) is 30.6 Å². The zero-order valence-electron chi connectivity index (χ0n) is 6.87. The highest BCUT2D eigenvalue weighted by molar-refractivity contribution is 5.00. The number of nitrogens with two attached hydrogens (primary N) is 1. The molecule has 1 saturated carbocycles. The maximum Gasteiger partial charge on any atom is 0.0120 e. The minimum atomic E-state index is 0.544. The van der Waals surface area contributed by atoms with E-state index in [2.05, 4.69) is 4.90 Å². The van der Waals surface area contributed by atoms with E-state index in [1.165, 1.54) is 32.5 Å². The van der Waals surface area contributed by atoms with Gasteiger partial charge in [0, 0.05) is 25.7 Å². The van der Waals surface area contributed by atoms with Gasteiger partial charge in [-0.15, -0.1) is 0 Å². The molecule has 2 N–H and O–H groups in total. The molecule has 0 aromatic carbocycles. The summed E-state index contributed by atoms with van der Waals surface area (Å²) in [5.74, 6) is 2.70. The van der Waals surface area contributed by atoms with Crippen molar-refractivity contribution in [3.8, 4) is 0 Å². The van der Waals surface area contributed by atoms with Gasteiger partial charge in [0.2, 0.25) is 0 Å². The Morgan fingerprint density at radius 3 is 2.18 bits per heavy atom. The summed E-state index contributed by atoms with van der Waals surface area (Å²) in [5, 5.41) is 0. The predicted molar refractivity (Wildman–Crippen MR) is 44.1 cm³/mol. The van der Waals surface area contributed by atoms with Gasteiger partial charge in [0.1, 0.15) is 0 Å². The number of rotatable bonds is 0. The summed E-state index contributed by atoms with van der Waals surface area (Å²) in [4.78, 5) is 2.62. The smallest absolute Gasteiger partial charge is 0.0120 e. The first kappa shape index (κ1) is 6.44. The molecular formula is C9H16N2. The van der Waals surface area contributed by atoms with Gasteiger partial charge in [-0.2, -0.15) is 0 Å². The van der Waals surface area contributed by atoms with E-state index in [0.717, 1.165) is 17.8 Å². The van der Waals surface area contributed by atoms with Crippen LogP contribution in [0.5, 0.6) is 0 Å². The van der Waals surface area contributed by atoms with E-state index in [1.54, 1.807) is 0 Å². The average molecular weight is 152 g/mol. The number of hydrogen-bond donors (Lipinski definition) is 1. The molecule has 4 bridgehead atoms. The van der Waals surface area contributed by atoms with Gasteiger partial charge in [0.15, 0.2) is 0 Å². The normalized spacial score (nSPS) is 60.3. The van der Waals surface area contributed by atoms with E-state index in [-0.39, 0.29) is 0 Å². The second-order valence-electron chi connectivity index (χ2n) is 4.65. The average Bonchev–Trinajstić information content (AvgIpc) is 1.98. The van der Waals surface area contributed by atoms with Crippen molar-refractivity contribution in [2.45, 2.75) is 18.9 Å². The Hall–Kier alpha value is -0.0800. The summed E-state index contributed by atoms with van der Waals surface area (Å²) in [5.41, 5.74) is 6.14. The van der Waals surface area contributed by atoms with Crippen LogP contribution < -0.4 is 5.73 Å². The molecule has 1 aliphatic carbocycles. The van der Waals surface area contributed by atoms with Crippen molar-refractivity contribution in [3.63, 3.8) is 0 Å². The number of piperidine rings is 3. The highest BCUT2D eigenvalue weighted by Crippen LogP contribution is 2.42. The molecule has 62 valence electrons. The number of nitrogens with zero attached hydrogens (tertiary/aromatic N) is 1. The Bertz CT molecular complexity index is 150. The van der Waals surface area contributed by atoms with E-state index in [4.69, 9.17) is 5.73 Å². The first-order valence-corrected chi connectivity index (χ1v) is 4.81. The largest absolute Gasteiger partial charge is 0.327 e. The fourth-order valence-electron chi connectivity index (χ4n) is 3.45. The van der Waals surface area contributed by atoms with Crippen molar-refractivity contribution < 1.29 is 0 Å². The molecule has 2 atom stereocenters. The van der Waals surface area contributed by atoms with Crippen molar-refractivity contribution in [2.75, 3.05) is 19.6 Å². The number of hydrogen-bond acceptors (Lipinski definition) is 2. The molecule has 4 aliphatic rings. The second kappa shape index (κ2) is 1.99. The highest BCUT2D eigenvalue weighted by atomic mass is 15.2. The highest BCUT2D eigenvalue weighted by Gasteiger charge is 2.45. The van der Waals surface area contributed by atoms with Gasteiger partial charge >= 0.3 is 0 Å². The molecule has 4 fully saturated rings. The van der Waals surface area contributed by atoms with Gasteiger partial charge in [0.05, 0.1) is 0 Å². The van der Waals surface area contributed by atoms with Gasteiger partial charge < -0.3 is 10.6 Å². The van der Waals surface area contributed by atoms with Crippen LogP contribution in [0.3, 0.4) is 0 Å². The Labute approximate surface area is 67.7 Å². The summed E-state index contributed by atoms with van der Waals surface area (Å²) in [6.45, 7) is 3.97. The lowest BCUT2D eigenvalue weighted by atomic mass is 9.65. The van der Waals surface area contributed by atoms with Gasteiger partial charge in [-0.25, -0.2) is 0 Å². The first-order chi connectivity index (χ1) is 5.33. The third kappa shape index (κ3) is 0.798.